The zero-order valence-corrected chi connectivity index (χ0v) is 18.3. The number of nitrogens with one attached hydrogen (secondary N) is 1. The minimum absolute atomic E-state index is 0.172. The summed E-state index contributed by atoms with van der Waals surface area (Å²) in [5.74, 6) is -0.309. The summed E-state index contributed by atoms with van der Waals surface area (Å²) in [7, 11) is 2.49. The second-order valence-corrected chi connectivity index (χ2v) is 8.48. The Balaban J connectivity index is 1.71. The molecule has 0 bridgehead atoms. The molecule has 0 aliphatic rings. The molecular weight excluding hydrogens is 438 g/mol. The third-order valence-corrected chi connectivity index (χ3v) is 6.79. The standard InChI is InChI=1S/C21H17N3O5S2/c1-28-16(25)9-12-17-19(26)23-15(24-20(17)31-18(12)21(27)29-2)10-30-14-7-8-22-13-6-4-3-5-11(13)14/h3-8H,9-10H2,1-2H3,(H,23,24,26). The highest BCUT2D eigenvalue weighted by Gasteiger charge is 2.24. The van der Waals surface area contributed by atoms with Gasteiger partial charge in [0.25, 0.3) is 5.56 Å². The molecule has 0 fully saturated rings. The maximum atomic E-state index is 12.8. The van der Waals surface area contributed by atoms with Crippen LogP contribution < -0.4 is 5.56 Å². The Morgan fingerprint density at radius 2 is 1.97 bits per heavy atom. The number of carbonyl (C=O) groups is 2. The quantitative estimate of drug-likeness (QED) is 0.348. The van der Waals surface area contributed by atoms with Crippen molar-refractivity contribution in [2.75, 3.05) is 14.2 Å². The molecule has 1 aromatic carbocycles. The molecule has 0 saturated carbocycles. The van der Waals surface area contributed by atoms with Crippen molar-refractivity contribution in [3.8, 4) is 0 Å². The lowest BCUT2D eigenvalue weighted by Crippen LogP contribution is -2.15. The molecular formula is C21H17N3O5S2. The summed E-state index contributed by atoms with van der Waals surface area (Å²) in [5, 5.41) is 1.22. The Hall–Kier alpha value is -3.24. The van der Waals surface area contributed by atoms with Gasteiger partial charge in [-0.25, -0.2) is 9.78 Å². The third kappa shape index (κ3) is 4.17. The number of pyridine rings is 1. The monoisotopic (exact) mass is 455 g/mol. The number of ether oxygens (including phenoxy) is 2. The first-order valence-electron chi connectivity index (χ1n) is 9.18. The first-order chi connectivity index (χ1) is 15.0. The van der Waals surface area contributed by atoms with Crippen LogP contribution >= 0.6 is 23.1 Å². The van der Waals surface area contributed by atoms with Gasteiger partial charge in [-0.1, -0.05) is 18.2 Å². The van der Waals surface area contributed by atoms with E-state index in [0.29, 0.717) is 16.4 Å². The number of nitrogens with zero attached hydrogens (tertiary/aromatic N) is 2. The van der Waals surface area contributed by atoms with Gasteiger partial charge in [0.1, 0.15) is 15.5 Å². The van der Waals surface area contributed by atoms with Crippen LogP contribution in [0.25, 0.3) is 21.1 Å². The lowest BCUT2D eigenvalue weighted by atomic mass is 10.1. The highest BCUT2D eigenvalue weighted by molar-refractivity contribution is 7.98. The number of esters is 2. The largest absolute Gasteiger partial charge is 0.469 e. The summed E-state index contributed by atoms with van der Waals surface area (Å²) in [6.07, 6.45) is 1.52. The molecule has 0 spiro atoms. The molecule has 0 aliphatic carbocycles. The van der Waals surface area contributed by atoms with Crippen LogP contribution in [0.4, 0.5) is 0 Å². The molecule has 0 atom stereocenters. The van der Waals surface area contributed by atoms with Gasteiger partial charge >= 0.3 is 11.9 Å². The summed E-state index contributed by atoms with van der Waals surface area (Å²) in [6, 6.07) is 9.72. The van der Waals surface area contributed by atoms with Gasteiger partial charge in [0.15, 0.2) is 0 Å². The summed E-state index contributed by atoms with van der Waals surface area (Å²) >= 11 is 2.55. The SMILES string of the molecule is COC(=O)Cc1c(C(=O)OC)sc2nc(CSc3ccnc4ccccc34)[nH]c(=O)c12. The van der Waals surface area contributed by atoms with Crippen molar-refractivity contribution in [1.82, 2.24) is 15.0 Å². The van der Waals surface area contributed by atoms with E-state index in [-0.39, 0.29) is 22.2 Å². The van der Waals surface area contributed by atoms with E-state index in [1.54, 1.807) is 6.20 Å². The third-order valence-electron chi connectivity index (χ3n) is 4.60. The number of hydrogen-bond donors (Lipinski definition) is 1. The van der Waals surface area contributed by atoms with Crippen LogP contribution in [0.2, 0.25) is 0 Å². The highest BCUT2D eigenvalue weighted by Crippen LogP contribution is 2.31. The van der Waals surface area contributed by atoms with Crippen molar-refractivity contribution < 1.29 is 19.1 Å². The van der Waals surface area contributed by atoms with Crippen LogP contribution in [-0.2, 0) is 26.4 Å². The average molecular weight is 456 g/mol. The molecule has 3 heterocycles. The maximum absolute atomic E-state index is 12.8. The van der Waals surface area contributed by atoms with Crippen LogP contribution in [-0.4, -0.2) is 41.1 Å². The molecule has 0 radical (unpaired) electrons. The molecule has 4 aromatic rings. The number of rotatable bonds is 6. The van der Waals surface area contributed by atoms with Crippen molar-refractivity contribution in [2.24, 2.45) is 0 Å². The van der Waals surface area contributed by atoms with Crippen LogP contribution in [0, 0.1) is 0 Å². The van der Waals surface area contributed by atoms with E-state index in [1.807, 2.05) is 30.3 Å². The Bertz CT molecular complexity index is 1360. The maximum Gasteiger partial charge on any atom is 0.348 e. The lowest BCUT2D eigenvalue weighted by Gasteiger charge is -2.06. The minimum atomic E-state index is -0.625. The van der Waals surface area contributed by atoms with Gasteiger partial charge in [0.05, 0.1) is 37.3 Å². The number of H-pyrrole nitrogens is 1. The molecule has 3 aromatic heterocycles. The zero-order chi connectivity index (χ0) is 22.0. The number of aromatic nitrogens is 3. The lowest BCUT2D eigenvalue weighted by molar-refractivity contribution is -0.139. The molecule has 4 rings (SSSR count). The highest BCUT2D eigenvalue weighted by atomic mass is 32.2. The van der Waals surface area contributed by atoms with Crippen molar-refractivity contribution in [1.29, 1.82) is 0 Å². The van der Waals surface area contributed by atoms with E-state index in [1.165, 1.54) is 26.0 Å². The second kappa shape index (κ2) is 8.86. The van der Waals surface area contributed by atoms with Crippen molar-refractivity contribution in [3.63, 3.8) is 0 Å². The van der Waals surface area contributed by atoms with E-state index in [9.17, 15) is 14.4 Å². The van der Waals surface area contributed by atoms with Gasteiger partial charge in [-0.2, -0.15) is 0 Å². The Labute approximate surface area is 184 Å². The van der Waals surface area contributed by atoms with Crippen LogP contribution in [0.1, 0.15) is 21.1 Å². The van der Waals surface area contributed by atoms with Gasteiger partial charge in [-0.3, -0.25) is 14.6 Å². The molecule has 8 nitrogen and oxygen atoms in total. The number of thioether (sulfide) groups is 1. The number of methoxy groups -OCH3 is 2. The van der Waals surface area contributed by atoms with E-state index in [0.717, 1.165) is 27.1 Å². The normalized spacial score (nSPS) is 11.0. The number of para-hydroxylation sites is 1. The molecule has 0 saturated heterocycles. The van der Waals surface area contributed by atoms with Crippen molar-refractivity contribution in [3.05, 3.63) is 63.1 Å². The molecule has 1 N–H and O–H groups in total. The van der Waals surface area contributed by atoms with E-state index >= 15 is 0 Å². The zero-order valence-electron chi connectivity index (χ0n) is 16.6. The Kier molecular flexibility index (Phi) is 6.01. The number of hydrogen-bond acceptors (Lipinski definition) is 9. The minimum Gasteiger partial charge on any atom is -0.469 e. The van der Waals surface area contributed by atoms with Gasteiger partial charge in [-0.15, -0.1) is 23.1 Å². The average Bonchev–Trinajstić information content (AvgIpc) is 3.15. The molecule has 10 heteroatoms. The first-order valence-corrected chi connectivity index (χ1v) is 11.0. The van der Waals surface area contributed by atoms with Gasteiger partial charge in [0, 0.05) is 22.0 Å². The van der Waals surface area contributed by atoms with Crippen LogP contribution in [0.3, 0.4) is 0 Å². The Morgan fingerprint density at radius 3 is 2.74 bits per heavy atom. The number of thiophene rings is 1. The topological polar surface area (TPSA) is 111 Å². The fourth-order valence-electron chi connectivity index (χ4n) is 3.16. The molecule has 0 aliphatic heterocycles. The van der Waals surface area contributed by atoms with Crippen molar-refractivity contribution in [2.45, 2.75) is 17.1 Å². The predicted octanol–water partition coefficient (Wildman–Crippen LogP) is 3.33. The summed E-state index contributed by atoms with van der Waals surface area (Å²) in [4.78, 5) is 50.0. The van der Waals surface area contributed by atoms with Crippen LogP contribution in [0.15, 0.2) is 46.2 Å². The fourth-order valence-corrected chi connectivity index (χ4v) is 5.21. The second-order valence-electron chi connectivity index (χ2n) is 6.46. The van der Waals surface area contributed by atoms with Crippen LogP contribution in [0.5, 0.6) is 0 Å². The van der Waals surface area contributed by atoms with Gasteiger partial charge in [-0.05, 0) is 12.1 Å². The first kappa shape index (κ1) is 21.0. The summed E-state index contributed by atoms with van der Waals surface area (Å²) in [6.45, 7) is 0. The molecule has 0 unspecified atom stereocenters. The number of benzene rings is 1. The fraction of sp³-hybridized carbons (Fsp3) is 0.190. The van der Waals surface area contributed by atoms with E-state index < -0.39 is 17.5 Å². The van der Waals surface area contributed by atoms with E-state index in [2.05, 4.69) is 15.0 Å². The van der Waals surface area contributed by atoms with Gasteiger partial charge in [0.2, 0.25) is 0 Å². The molecule has 158 valence electrons. The summed E-state index contributed by atoms with van der Waals surface area (Å²) in [5.41, 5.74) is 0.745. The number of aromatic amines is 1. The smallest absolute Gasteiger partial charge is 0.348 e. The number of fused-ring (bicyclic) bond motifs is 2. The number of carbonyl (C=O) groups excluding carboxylic acids is 2. The van der Waals surface area contributed by atoms with Gasteiger partial charge < -0.3 is 14.5 Å². The Morgan fingerprint density at radius 1 is 1.16 bits per heavy atom. The predicted molar refractivity (Wildman–Crippen MR) is 119 cm³/mol. The van der Waals surface area contributed by atoms with E-state index in [4.69, 9.17) is 9.47 Å². The molecule has 0 amide bonds. The molecule has 31 heavy (non-hydrogen) atoms. The van der Waals surface area contributed by atoms with Crippen molar-refractivity contribution >= 4 is 56.2 Å². The summed E-state index contributed by atoms with van der Waals surface area (Å²) < 4.78 is 9.51.